The van der Waals surface area contributed by atoms with Crippen LogP contribution in [-0.2, 0) is 10.2 Å². The van der Waals surface area contributed by atoms with Gasteiger partial charge in [-0.05, 0) is 44.1 Å². The highest BCUT2D eigenvalue weighted by Gasteiger charge is 2.52. The number of piperidine rings is 1. The van der Waals surface area contributed by atoms with Crippen LogP contribution >= 0.6 is 0 Å². The summed E-state index contributed by atoms with van der Waals surface area (Å²) in [6, 6.07) is 8.23. The molecular weight excluding hydrogens is 290 g/mol. The van der Waals surface area contributed by atoms with Gasteiger partial charge < -0.3 is 15.3 Å². The maximum Gasteiger partial charge on any atom is 0.236 e. The van der Waals surface area contributed by atoms with Crippen LogP contribution in [0, 0.1) is 0 Å². The molecular formula is C18H27N3O2. The molecule has 0 saturated carbocycles. The number of aliphatic hydroxyl groups is 1. The number of benzene rings is 1. The largest absolute Gasteiger partial charge is 0.390 e. The number of rotatable bonds is 3. The van der Waals surface area contributed by atoms with Gasteiger partial charge in [-0.15, -0.1) is 0 Å². The molecule has 0 radical (unpaired) electrons. The maximum atomic E-state index is 12.1. The van der Waals surface area contributed by atoms with Crippen molar-refractivity contribution in [3.8, 4) is 0 Å². The van der Waals surface area contributed by atoms with Gasteiger partial charge in [0.2, 0.25) is 5.91 Å². The molecule has 1 saturated heterocycles. The molecule has 1 aromatic rings. The van der Waals surface area contributed by atoms with Crippen molar-refractivity contribution >= 4 is 5.91 Å². The van der Waals surface area contributed by atoms with Gasteiger partial charge in [0.15, 0.2) is 0 Å². The van der Waals surface area contributed by atoms with Gasteiger partial charge in [-0.1, -0.05) is 24.3 Å². The Balaban J connectivity index is 1.94. The summed E-state index contributed by atoms with van der Waals surface area (Å²) in [5.74, 6) is 0.0587. The fourth-order valence-corrected chi connectivity index (χ4v) is 4.21. The van der Waals surface area contributed by atoms with E-state index >= 15 is 0 Å². The van der Waals surface area contributed by atoms with Crippen molar-refractivity contribution < 1.29 is 9.90 Å². The lowest BCUT2D eigenvalue weighted by Crippen LogP contribution is -2.49. The van der Waals surface area contributed by atoms with Crippen LogP contribution in [0.15, 0.2) is 24.3 Å². The third-order valence-electron chi connectivity index (χ3n) is 5.54. The highest BCUT2D eigenvalue weighted by molar-refractivity contribution is 5.77. The van der Waals surface area contributed by atoms with Gasteiger partial charge >= 0.3 is 0 Å². The van der Waals surface area contributed by atoms with Crippen LogP contribution in [0.25, 0.3) is 0 Å². The minimum Gasteiger partial charge on any atom is -0.390 e. The summed E-state index contributed by atoms with van der Waals surface area (Å²) in [6.45, 7) is 2.17. The molecule has 1 aromatic carbocycles. The number of carbonyl (C=O) groups excluding carboxylic acids is 1. The van der Waals surface area contributed by atoms with Crippen LogP contribution < -0.4 is 5.32 Å². The van der Waals surface area contributed by atoms with E-state index in [1.54, 1.807) is 19.0 Å². The predicted molar refractivity (Wildman–Crippen MR) is 90.3 cm³/mol. The van der Waals surface area contributed by atoms with E-state index in [1.165, 1.54) is 11.1 Å². The number of aliphatic hydroxyl groups excluding tert-OH is 1. The van der Waals surface area contributed by atoms with Gasteiger partial charge in [-0.3, -0.25) is 9.69 Å². The van der Waals surface area contributed by atoms with E-state index in [9.17, 15) is 9.90 Å². The molecule has 0 bridgehead atoms. The van der Waals surface area contributed by atoms with Crippen LogP contribution in [-0.4, -0.2) is 67.7 Å². The molecule has 2 N–H and O–H groups in total. The van der Waals surface area contributed by atoms with Crippen LogP contribution in [0.4, 0.5) is 0 Å². The Morgan fingerprint density at radius 1 is 1.26 bits per heavy atom. The Morgan fingerprint density at radius 2 is 1.91 bits per heavy atom. The van der Waals surface area contributed by atoms with E-state index in [0.717, 1.165) is 25.9 Å². The van der Waals surface area contributed by atoms with Crippen molar-refractivity contribution in [3.63, 3.8) is 0 Å². The molecule has 1 amide bonds. The van der Waals surface area contributed by atoms with Crippen molar-refractivity contribution in [1.29, 1.82) is 0 Å². The highest BCUT2D eigenvalue weighted by Crippen LogP contribution is 2.51. The van der Waals surface area contributed by atoms with Crippen LogP contribution in [0.1, 0.15) is 30.0 Å². The number of hydrogen-bond donors (Lipinski definition) is 2. The number of nitrogens with one attached hydrogen (secondary N) is 1. The number of amides is 1. The predicted octanol–water partition coefficient (Wildman–Crippen LogP) is 0.743. The molecule has 1 spiro atoms. The molecule has 3 rings (SSSR count). The summed E-state index contributed by atoms with van der Waals surface area (Å²) in [5, 5.41) is 14.6. The van der Waals surface area contributed by atoms with Gasteiger partial charge in [0.05, 0.1) is 18.7 Å². The molecule has 2 atom stereocenters. The fourth-order valence-electron chi connectivity index (χ4n) is 4.21. The topological polar surface area (TPSA) is 55.8 Å². The Bertz CT molecular complexity index is 581. The highest BCUT2D eigenvalue weighted by atomic mass is 16.3. The first-order valence-corrected chi connectivity index (χ1v) is 8.36. The van der Waals surface area contributed by atoms with Gasteiger partial charge in [-0.2, -0.15) is 0 Å². The molecule has 5 heteroatoms. The fraction of sp³-hybridized carbons (Fsp3) is 0.611. The standard InChI is InChI=1S/C18H27N3O2/c1-20(2)15(22)12-21(3)16-13-6-4-5-7-14(13)18(17(16)23)8-10-19-11-9-18/h4-7,16-17,19,23H,8-12H2,1-3H3/t16-,17+/m1/s1. The van der Waals surface area contributed by atoms with E-state index in [4.69, 9.17) is 0 Å². The summed E-state index contributed by atoms with van der Waals surface area (Å²) in [4.78, 5) is 15.7. The summed E-state index contributed by atoms with van der Waals surface area (Å²) in [7, 11) is 5.47. The first kappa shape index (κ1) is 16.4. The van der Waals surface area contributed by atoms with Crippen molar-refractivity contribution in [2.45, 2.75) is 30.4 Å². The summed E-state index contributed by atoms with van der Waals surface area (Å²) in [5.41, 5.74) is 2.26. The van der Waals surface area contributed by atoms with E-state index in [0.29, 0.717) is 6.54 Å². The third kappa shape index (κ3) is 2.67. The first-order chi connectivity index (χ1) is 11.0. The molecule has 0 unspecified atom stereocenters. The normalized spacial score (nSPS) is 25.6. The minimum absolute atomic E-state index is 0.0587. The number of hydrogen-bond acceptors (Lipinski definition) is 4. The lowest BCUT2D eigenvalue weighted by molar-refractivity contribution is -0.130. The van der Waals surface area contributed by atoms with E-state index in [-0.39, 0.29) is 17.4 Å². The molecule has 1 aliphatic carbocycles. The van der Waals surface area contributed by atoms with Crippen LogP contribution in [0.2, 0.25) is 0 Å². The number of nitrogens with zero attached hydrogens (tertiary/aromatic N) is 2. The van der Waals surface area contributed by atoms with Crippen molar-refractivity contribution in [2.24, 2.45) is 0 Å². The molecule has 1 fully saturated rings. The monoisotopic (exact) mass is 317 g/mol. The average Bonchev–Trinajstić information content (AvgIpc) is 2.77. The second-order valence-electron chi connectivity index (χ2n) is 7.09. The van der Waals surface area contributed by atoms with Crippen LogP contribution in [0.3, 0.4) is 0 Å². The number of likely N-dealkylation sites (N-methyl/N-ethyl adjacent to an activating group) is 2. The zero-order valence-electron chi connectivity index (χ0n) is 14.2. The molecule has 0 aromatic heterocycles. The molecule has 2 aliphatic rings. The summed E-state index contributed by atoms with van der Waals surface area (Å²) >= 11 is 0. The average molecular weight is 317 g/mol. The van der Waals surface area contributed by atoms with E-state index in [1.807, 2.05) is 18.0 Å². The lowest BCUT2D eigenvalue weighted by Gasteiger charge is -2.40. The molecule has 5 nitrogen and oxygen atoms in total. The summed E-state index contributed by atoms with van der Waals surface area (Å²) < 4.78 is 0. The zero-order chi connectivity index (χ0) is 16.6. The Kier molecular flexibility index (Phi) is 4.45. The van der Waals surface area contributed by atoms with E-state index < -0.39 is 6.10 Å². The van der Waals surface area contributed by atoms with Gasteiger partial charge in [-0.25, -0.2) is 0 Å². The Labute approximate surface area is 138 Å². The molecule has 23 heavy (non-hydrogen) atoms. The number of carbonyl (C=O) groups is 1. The second-order valence-corrected chi connectivity index (χ2v) is 7.09. The minimum atomic E-state index is -0.470. The molecule has 1 heterocycles. The zero-order valence-corrected chi connectivity index (χ0v) is 14.2. The smallest absolute Gasteiger partial charge is 0.236 e. The quantitative estimate of drug-likeness (QED) is 0.863. The van der Waals surface area contributed by atoms with Crippen molar-refractivity contribution in [1.82, 2.24) is 15.1 Å². The van der Waals surface area contributed by atoms with Gasteiger partial charge in [0, 0.05) is 19.5 Å². The van der Waals surface area contributed by atoms with Crippen molar-refractivity contribution in [2.75, 3.05) is 40.8 Å². The maximum absolute atomic E-state index is 12.1. The Hall–Kier alpha value is -1.43. The van der Waals surface area contributed by atoms with Gasteiger partial charge in [0.1, 0.15) is 0 Å². The Morgan fingerprint density at radius 3 is 2.57 bits per heavy atom. The first-order valence-electron chi connectivity index (χ1n) is 8.36. The SMILES string of the molecule is CN(C)C(=O)CN(C)[C@@H]1c2ccccc2C2(CCNCC2)[C@H]1O. The van der Waals surface area contributed by atoms with Crippen molar-refractivity contribution in [3.05, 3.63) is 35.4 Å². The number of fused-ring (bicyclic) bond motifs is 2. The third-order valence-corrected chi connectivity index (χ3v) is 5.54. The molecule has 1 aliphatic heterocycles. The molecule has 126 valence electrons. The summed E-state index contributed by atoms with van der Waals surface area (Å²) in [6.07, 6.45) is 1.41. The van der Waals surface area contributed by atoms with Gasteiger partial charge in [0.25, 0.3) is 0 Å². The lowest BCUT2D eigenvalue weighted by atomic mass is 9.72. The van der Waals surface area contributed by atoms with Crippen LogP contribution in [0.5, 0.6) is 0 Å². The second kappa shape index (κ2) is 6.23. The van der Waals surface area contributed by atoms with E-state index in [2.05, 4.69) is 23.5 Å².